The predicted octanol–water partition coefficient (Wildman–Crippen LogP) is 7.22. The second-order valence-corrected chi connectivity index (χ2v) is 10.2. The third-order valence-electron chi connectivity index (χ3n) is 6.43. The number of carbonyl (C=O) groups excluding carboxylic acids is 1. The molecule has 4 aromatic rings. The first-order valence-electron chi connectivity index (χ1n) is 13.0. The van der Waals surface area contributed by atoms with Crippen LogP contribution in [0.5, 0.6) is 0 Å². The molecule has 0 bridgehead atoms. The first kappa shape index (κ1) is 27.7. The van der Waals surface area contributed by atoms with Crippen LogP contribution in [0.1, 0.15) is 53.2 Å². The van der Waals surface area contributed by atoms with Crippen molar-refractivity contribution in [2.24, 2.45) is 0 Å². The summed E-state index contributed by atoms with van der Waals surface area (Å²) < 4.78 is 0. The highest BCUT2D eigenvalue weighted by Crippen LogP contribution is 2.28. The maximum atomic E-state index is 13.0. The van der Waals surface area contributed by atoms with E-state index in [1.54, 1.807) is 6.07 Å². The summed E-state index contributed by atoms with van der Waals surface area (Å²) in [5, 5.41) is 4.18. The Hall–Kier alpha value is -3.35. The second-order valence-electron chi connectivity index (χ2n) is 8.91. The standard InChI is InChI=1S/C31H33ClN4OS/c1-3-36(4-2)29-21-28(32)34-31(35-29)38-22-23-12-11-17-26(20-23)30(37)33-19-18-27(24-13-7-5-8-14-24)25-15-9-6-10-16-25/h5-17,20-21,27H,3-4,18-19,22H2,1-2H3,(H,33,37). The Balaban J connectivity index is 1.37. The normalized spacial score (nSPS) is 10.9. The number of rotatable bonds is 12. The number of nitrogens with one attached hydrogen (secondary N) is 1. The van der Waals surface area contributed by atoms with Crippen molar-refractivity contribution < 1.29 is 4.79 Å². The van der Waals surface area contributed by atoms with Crippen LogP contribution in [0, 0.1) is 0 Å². The van der Waals surface area contributed by atoms with Gasteiger partial charge in [0, 0.05) is 42.9 Å². The largest absolute Gasteiger partial charge is 0.357 e. The van der Waals surface area contributed by atoms with Gasteiger partial charge >= 0.3 is 0 Å². The van der Waals surface area contributed by atoms with E-state index in [-0.39, 0.29) is 11.8 Å². The Morgan fingerprint density at radius 3 is 2.18 bits per heavy atom. The number of aromatic nitrogens is 2. The molecule has 0 unspecified atom stereocenters. The topological polar surface area (TPSA) is 58.1 Å². The summed E-state index contributed by atoms with van der Waals surface area (Å²) in [4.78, 5) is 24.2. The molecule has 0 fully saturated rings. The van der Waals surface area contributed by atoms with Crippen molar-refractivity contribution in [1.29, 1.82) is 0 Å². The lowest BCUT2D eigenvalue weighted by Gasteiger charge is -2.20. The summed E-state index contributed by atoms with van der Waals surface area (Å²) in [6.07, 6.45) is 0.816. The lowest BCUT2D eigenvalue weighted by atomic mass is 9.88. The number of hydrogen-bond donors (Lipinski definition) is 1. The molecule has 1 heterocycles. The molecular formula is C31H33ClN4OS. The Labute approximate surface area is 234 Å². The molecule has 0 aliphatic heterocycles. The molecule has 7 heteroatoms. The van der Waals surface area contributed by atoms with Crippen LogP contribution >= 0.6 is 23.4 Å². The molecule has 1 aromatic heterocycles. The molecule has 196 valence electrons. The quantitative estimate of drug-likeness (QED) is 0.116. The molecule has 38 heavy (non-hydrogen) atoms. The number of thioether (sulfide) groups is 1. The van der Waals surface area contributed by atoms with Crippen LogP contribution in [0.15, 0.2) is 96.2 Å². The molecule has 5 nitrogen and oxygen atoms in total. The van der Waals surface area contributed by atoms with Gasteiger partial charge in [0.25, 0.3) is 5.91 Å². The van der Waals surface area contributed by atoms with E-state index < -0.39 is 0 Å². The molecule has 1 N–H and O–H groups in total. The Kier molecular flexibility index (Phi) is 10.2. The zero-order chi connectivity index (χ0) is 26.7. The summed E-state index contributed by atoms with van der Waals surface area (Å²) in [6.45, 7) is 6.46. The van der Waals surface area contributed by atoms with Crippen molar-refractivity contribution in [1.82, 2.24) is 15.3 Å². The zero-order valence-electron chi connectivity index (χ0n) is 21.8. The maximum Gasteiger partial charge on any atom is 0.251 e. The fraction of sp³-hybridized carbons (Fsp3) is 0.258. The van der Waals surface area contributed by atoms with Crippen molar-refractivity contribution in [3.05, 3.63) is 118 Å². The number of benzene rings is 3. The maximum absolute atomic E-state index is 13.0. The molecule has 0 aliphatic rings. The van der Waals surface area contributed by atoms with Gasteiger partial charge in [-0.05, 0) is 49.1 Å². The minimum Gasteiger partial charge on any atom is -0.357 e. The second kappa shape index (κ2) is 14.0. The van der Waals surface area contributed by atoms with Gasteiger partial charge in [-0.3, -0.25) is 4.79 Å². The van der Waals surface area contributed by atoms with E-state index in [9.17, 15) is 4.79 Å². The number of amides is 1. The molecule has 0 aliphatic carbocycles. The van der Waals surface area contributed by atoms with E-state index in [4.69, 9.17) is 11.6 Å². The van der Waals surface area contributed by atoms with E-state index in [0.717, 1.165) is 30.9 Å². The molecule has 0 saturated carbocycles. The predicted molar refractivity (Wildman–Crippen MR) is 158 cm³/mol. The number of nitrogens with zero attached hydrogens (tertiary/aromatic N) is 3. The third-order valence-corrected chi connectivity index (χ3v) is 7.54. The highest BCUT2D eigenvalue weighted by atomic mass is 35.5. The van der Waals surface area contributed by atoms with Crippen LogP contribution in [0.25, 0.3) is 0 Å². The van der Waals surface area contributed by atoms with Crippen LogP contribution < -0.4 is 10.2 Å². The van der Waals surface area contributed by atoms with Crippen LogP contribution in [-0.4, -0.2) is 35.5 Å². The zero-order valence-corrected chi connectivity index (χ0v) is 23.4. The SMILES string of the molecule is CCN(CC)c1cc(Cl)nc(SCc2cccc(C(=O)NCCC(c3ccccc3)c3ccccc3)c2)n1. The summed E-state index contributed by atoms with van der Waals surface area (Å²) in [5.41, 5.74) is 4.18. The van der Waals surface area contributed by atoms with Crippen molar-refractivity contribution in [2.75, 3.05) is 24.5 Å². The van der Waals surface area contributed by atoms with Gasteiger partial charge < -0.3 is 10.2 Å². The van der Waals surface area contributed by atoms with E-state index in [1.807, 2.05) is 36.4 Å². The van der Waals surface area contributed by atoms with Gasteiger partial charge in [0.2, 0.25) is 0 Å². The smallest absolute Gasteiger partial charge is 0.251 e. The summed E-state index contributed by atoms with van der Waals surface area (Å²) in [7, 11) is 0. The van der Waals surface area contributed by atoms with Crippen molar-refractivity contribution in [2.45, 2.75) is 37.1 Å². The number of halogens is 1. The average molecular weight is 545 g/mol. The van der Waals surface area contributed by atoms with Gasteiger partial charge in [0.15, 0.2) is 5.16 Å². The van der Waals surface area contributed by atoms with Crippen molar-refractivity contribution >= 4 is 35.1 Å². The van der Waals surface area contributed by atoms with Crippen LogP contribution in [-0.2, 0) is 5.75 Å². The first-order valence-corrected chi connectivity index (χ1v) is 14.3. The molecule has 0 atom stereocenters. The van der Waals surface area contributed by atoms with Gasteiger partial charge in [0.05, 0.1) is 0 Å². The average Bonchev–Trinajstić information content (AvgIpc) is 2.96. The van der Waals surface area contributed by atoms with E-state index in [0.29, 0.717) is 28.2 Å². The van der Waals surface area contributed by atoms with E-state index >= 15 is 0 Å². The molecule has 0 saturated heterocycles. The Morgan fingerprint density at radius 2 is 1.55 bits per heavy atom. The molecule has 0 radical (unpaired) electrons. The van der Waals surface area contributed by atoms with Gasteiger partial charge in [-0.25, -0.2) is 9.97 Å². The fourth-order valence-electron chi connectivity index (χ4n) is 4.44. The summed E-state index contributed by atoms with van der Waals surface area (Å²) in [6, 6.07) is 30.4. The summed E-state index contributed by atoms with van der Waals surface area (Å²) in [5.74, 6) is 1.62. The fourth-order valence-corrected chi connectivity index (χ4v) is 5.46. The lowest BCUT2D eigenvalue weighted by Crippen LogP contribution is -2.26. The van der Waals surface area contributed by atoms with Crippen LogP contribution in [0.2, 0.25) is 5.15 Å². The third kappa shape index (κ3) is 7.59. The molecule has 3 aromatic carbocycles. The Bertz CT molecular complexity index is 1280. The minimum absolute atomic E-state index is 0.0699. The highest BCUT2D eigenvalue weighted by molar-refractivity contribution is 7.98. The monoisotopic (exact) mass is 544 g/mol. The molecule has 1 amide bonds. The van der Waals surface area contributed by atoms with Crippen molar-refractivity contribution in [3.63, 3.8) is 0 Å². The highest BCUT2D eigenvalue weighted by Gasteiger charge is 2.15. The molecule has 4 rings (SSSR count). The van der Waals surface area contributed by atoms with Gasteiger partial charge in [0.1, 0.15) is 11.0 Å². The Morgan fingerprint density at radius 1 is 0.895 bits per heavy atom. The number of anilines is 1. The van der Waals surface area contributed by atoms with Gasteiger partial charge in [-0.2, -0.15) is 0 Å². The van der Waals surface area contributed by atoms with E-state index in [1.165, 1.54) is 22.9 Å². The van der Waals surface area contributed by atoms with Gasteiger partial charge in [-0.1, -0.05) is 96.2 Å². The molecular weight excluding hydrogens is 512 g/mol. The minimum atomic E-state index is -0.0699. The van der Waals surface area contributed by atoms with Crippen molar-refractivity contribution in [3.8, 4) is 0 Å². The van der Waals surface area contributed by atoms with Crippen LogP contribution in [0.4, 0.5) is 5.82 Å². The summed E-state index contributed by atoms with van der Waals surface area (Å²) >= 11 is 7.77. The van der Waals surface area contributed by atoms with E-state index in [2.05, 4.69) is 82.6 Å². The first-order chi connectivity index (χ1) is 18.6. The van der Waals surface area contributed by atoms with Crippen LogP contribution in [0.3, 0.4) is 0 Å². The number of hydrogen-bond acceptors (Lipinski definition) is 5. The number of carbonyl (C=O) groups is 1. The lowest BCUT2D eigenvalue weighted by molar-refractivity contribution is 0.0952. The molecule has 0 spiro atoms. The van der Waals surface area contributed by atoms with Gasteiger partial charge in [-0.15, -0.1) is 0 Å².